The smallest absolute Gasteiger partial charge is 0.220 e. The Kier molecular flexibility index (Phi) is 4.86. The Morgan fingerprint density at radius 3 is 2.59 bits per heavy atom. The van der Waals surface area contributed by atoms with Crippen LogP contribution < -0.4 is 14.8 Å². The van der Waals surface area contributed by atoms with E-state index in [1.165, 1.54) is 25.7 Å². The molecule has 4 heteroatoms. The number of amides is 1. The lowest BCUT2D eigenvalue weighted by Crippen LogP contribution is -2.38. The van der Waals surface area contributed by atoms with Crippen molar-refractivity contribution in [1.29, 1.82) is 0 Å². The van der Waals surface area contributed by atoms with E-state index in [2.05, 4.69) is 5.32 Å². The molecule has 4 nitrogen and oxygen atoms in total. The molecule has 0 saturated heterocycles. The summed E-state index contributed by atoms with van der Waals surface area (Å²) in [7, 11) is 1.64. The largest absolute Gasteiger partial charge is 0.497 e. The second-order valence-electron chi connectivity index (χ2n) is 6.48. The van der Waals surface area contributed by atoms with E-state index in [4.69, 9.17) is 9.47 Å². The minimum atomic E-state index is 0.177. The Bertz CT molecular complexity index is 500. The molecule has 0 radical (unpaired) electrons. The van der Waals surface area contributed by atoms with E-state index in [-0.39, 0.29) is 5.91 Å². The maximum Gasteiger partial charge on any atom is 0.220 e. The molecular weight excluding hydrogens is 278 g/mol. The van der Waals surface area contributed by atoms with Crippen LogP contribution in [0.15, 0.2) is 24.3 Å². The fourth-order valence-corrected chi connectivity index (χ4v) is 3.80. The fraction of sp³-hybridized carbons (Fsp3) is 0.611. The number of methoxy groups -OCH3 is 1. The molecule has 1 N–H and O–H groups in total. The van der Waals surface area contributed by atoms with Crippen molar-refractivity contribution >= 4 is 5.91 Å². The molecule has 2 fully saturated rings. The van der Waals surface area contributed by atoms with Crippen LogP contribution in [-0.4, -0.2) is 25.7 Å². The third-order valence-electron chi connectivity index (χ3n) is 4.96. The lowest BCUT2D eigenvalue weighted by Gasteiger charge is -2.22. The number of nitrogens with one attached hydrogen (secondary N) is 1. The maximum atomic E-state index is 12.0. The molecule has 2 bridgehead atoms. The zero-order valence-electron chi connectivity index (χ0n) is 13.2. The number of carbonyl (C=O) groups is 1. The number of rotatable bonds is 7. The highest BCUT2D eigenvalue weighted by atomic mass is 16.5. The van der Waals surface area contributed by atoms with Gasteiger partial charge >= 0.3 is 0 Å². The van der Waals surface area contributed by atoms with Crippen molar-refractivity contribution in [3.05, 3.63) is 24.3 Å². The zero-order chi connectivity index (χ0) is 15.4. The first-order valence-electron chi connectivity index (χ1n) is 8.31. The molecule has 2 aliphatic rings. The molecule has 3 rings (SSSR count). The van der Waals surface area contributed by atoms with Gasteiger partial charge in [0, 0.05) is 12.5 Å². The molecule has 1 amide bonds. The van der Waals surface area contributed by atoms with Gasteiger partial charge in [-0.25, -0.2) is 0 Å². The third-order valence-corrected chi connectivity index (χ3v) is 4.96. The summed E-state index contributed by atoms with van der Waals surface area (Å²) in [4.78, 5) is 12.0. The highest BCUT2D eigenvalue weighted by Gasteiger charge is 2.39. The quantitative estimate of drug-likeness (QED) is 0.787. The number of benzene rings is 1. The van der Waals surface area contributed by atoms with Crippen molar-refractivity contribution in [1.82, 2.24) is 5.32 Å². The first-order valence-corrected chi connectivity index (χ1v) is 8.31. The van der Waals surface area contributed by atoms with Gasteiger partial charge in [0.1, 0.15) is 11.5 Å². The Balaban J connectivity index is 1.31. The summed E-state index contributed by atoms with van der Waals surface area (Å²) in [6, 6.07) is 7.95. The summed E-state index contributed by atoms with van der Waals surface area (Å²) in [6.45, 7) is 0.566. The molecule has 120 valence electrons. The summed E-state index contributed by atoms with van der Waals surface area (Å²) in [6.07, 6.45) is 6.48. The molecular formula is C18H25NO3. The Labute approximate surface area is 132 Å². The van der Waals surface area contributed by atoms with E-state index >= 15 is 0 Å². The molecule has 1 aromatic carbocycles. The SMILES string of the molecule is COc1ccc(OCCCC(=O)N[C@H]2C[C@H]3CC[C@H]2C3)cc1. The van der Waals surface area contributed by atoms with Gasteiger partial charge in [0.05, 0.1) is 13.7 Å². The molecule has 2 saturated carbocycles. The topological polar surface area (TPSA) is 47.6 Å². The number of hydrogen-bond acceptors (Lipinski definition) is 3. The predicted molar refractivity (Wildman–Crippen MR) is 85.1 cm³/mol. The van der Waals surface area contributed by atoms with Crippen LogP contribution in [0.3, 0.4) is 0 Å². The number of hydrogen-bond donors (Lipinski definition) is 1. The molecule has 0 unspecified atom stereocenters. The summed E-state index contributed by atoms with van der Waals surface area (Å²) >= 11 is 0. The number of ether oxygens (including phenoxy) is 2. The van der Waals surface area contributed by atoms with Crippen molar-refractivity contribution in [3.8, 4) is 11.5 Å². The second kappa shape index (κ2) is 7.03. The van der Waals surface area contributed by atoms with Gasteiger partial charge in [0.2, 0.25) is 5.91 Å². The summed E-state index contributed by atoms with van der Waals surface area (Å²) in [5.74, 6) is 3.42. The Hall–Kier alpha value is -1.71. The van der Waals surface area contributed by atoms with Crippen LogP contribution in [0.2, 0.25) is 0 Å². The van der Waals surface area contributed by atoms with Gasteiger partial charge < -0.3 is 14.8 Å². The van der Waals surface area contributed by atoms with Gasteiger partial charge in [-0.15, -0.1) is 0 Å². The van der Waals surface area contributed by atoms with Gasteiger partial charge in [-0.05, 0) is 61.8 Å². The highest BCUT2D eigenvalue weighted by Crippen LogP contribution is 2.44. The minimum Gasteiger partial charge on any atom is -0.497 e. The Morgan fingerprint density at radius 2 is 1.95 bits per heavy atom. The average molecular weight is 303 g/mol. The Morgan fingerprint density at radius 1 is 1.18 bits per heavy atom. The molecule has 0 spiro atoms. The molecule has 3 atom stereocenters. The molecule has 1 aromatic rings. The van der Waals surface area contributed by atoms with Gasteiger partial charge in [0.15, 0.2) is 0 Å². The van der Waals surface area contributed by atoms with Gasteiger partial charge in [-0.1, -0.05) is 6.42 Å². The lowest BCUT2D eigenvalue weighted by atomic mass is 9.95. The van der Waals surface area contributed by atoms with Crippen LogP contribution in [0.1, 0.15) is 38.5 Å². The van der Waals surface area contributed by atoms with Gasteiger partial charge in [0.25, 0.3) is 0 Å². The van der Waals surface area contributed by atoms with E-state index in [0.29, 0.717) is 19.1 Å². The molecule has 0 aliphatic heterocycles. The van der Waals surface area contributed by atoms with Crippen LogP contribution in [0.4, 0.5) is 0 Å². The lowest BCUT2D eigenvalue weighted by molar-refractivity contribution is -0.122. The summed E-state index contributed by atoms with van der Waals surface area (Å²) in [5, 5.41) is 3.21. The van der Waals surface area contributed by atoms with Crippen molar-refractivity contribution < 1.29 is 14.3 Å². The van der Waals surface area contributed by atoms with E-state index in [1.54, 1.807) is 7.11 Å². The molecule has 2 aliphatic carbocycles. The minimum absolute atomic E-state index is 0.177. The standard InChI is InChI=1S/C18H25NO3/c1-21-15-6-8-16(9-7-15)22-10-2-3-18(20)19-17-12-13-4-5-14(17)11-13/h6-9,13-14,17H,2-5,10-12H2,1H3,(H,19,20)/t13-,14-,17-/m0/s1. The van der Waals surface area contributed by atoms with Crippen molar-refractivity contribution in [3.63, 3.8) is 0 Å². The van der Waals surface area contributed by atoms with Crippen molar-refractivity contribution in [2.75, 3.05) is 13.7 Å². The van der Waals surface area contributed by atoms with Gasteiger partial charge in [-0.3, -0.25) is 4.79 Å². The molecule has 0 aromatic heterocycles. The van der Waals surface area contributed by atoms with E-state index in [9.17, 15) is 4.79 Å². The number of carbonyl (C=O) groups excluding carboxylic acids is 1. The molecule has 0 heterocycles. The van der Waals surface area contributed by atoms with Crippen LogP contribution in [0, 0.1) is 11.8 Å². The summed E-state index contributed by atoms with van der Waals surface area (Å²) in [5.41, 5.74) is 0. The monoisotopic (exact) mass is 303 g/mol. The average Bonchev–Trinajstić information content (AvgIpc) is 3.15. The predicted octanol–water partition coefficient (Wildman–Crippen LogP) is 3.16. The molecule has 22 heavy (non-hydrogen) atoms. The normalized spacial score (nSPS) is 26.0. The van der Waals surface area contributed by atoms with Gasteiger partial charge in [-0.2, -0.15) is 0 Å². The number of fused-ring (bicyclic) bond motifs is 2. The highest BCUT2D eigenvalue weighted by molar-refractivity contribution is 5.76. The van der Waals surface area contributed by atoms with E-state index < -0.39 is 0 Å². The maximum absolute atomic E-state index is 12.0. The van der Waals surface area contributed by atoms with Crippen LogP contribution in [0.25, 0.3) is 0 Å². The second-order valence-corrected chi connectivity index (χ2v) is 6.48. The van der Waals surface area contributed by atoms with Crippen LogP contribution >= 0.6 is 0 Å². The first kappa shape index (κ1) is 15.2. The van der Waals surface area contributed by atoms with Crippen LogP contribution in [0.5, 0.6) is 11.5 Å². The van der Waals surface area contributed by atoms with E-state index in [1.807, 2.05) is 24.3 Å². The zero-order valence-corrected chi connectivity index (χ0v) is 13.2. The summed E-state index contributed by atoms with van der Waals surface area (Å²) < 4.78 is 10.7. The van der Waals surface area contributed by atoms with E-state index in [0.717, 1.165) is 29.8 Å². The van der Waals surface area contributed by atoms with Crippen molar-refractivity contribution in [2.24, 2.45) is 11.8 Å². The fourth-order valence-electron chi connectivity index (χ4n) is 3.80. The first-order chi connectivity index (χ1) is 10.7. The van der Waals surface area contributed by atoms with Crippen molar-refractivity contribution in [2.45, 2.75) is 44.6 Å². The third kappa shape index (κ3) is 3.73. The van der Waals surface area contributed by atoms with Crippen LogP contribution in [-0.2, 0) is 4.79 Å².